The highest BCUT2D eigenvalue weighted by Gasteiger charge is 2.25. The van der Waals surface area contributed by atoms with Crippen molar-refractivity contribution in [2.24, 2.45) is 5.92 Å². The van der Waals surface area contributed by atoms with Crippen molar-refractivity contribution in [1.29, 1.82) is 0 Å². The van der Waals surface area contributed by atoms with Crippen LogP contribution in [0.2, 0.25) is 0 Å². The summed E-state index contributed by atoms with van der Waals surface area (Å²) in [6.45, 7) is 1.39. The summed E-state index contributed by atoms with van der Waals surface area (Å²) in [4.78, 5) is 40.6. The van der Waals surface area contributed by atoms with Gasteiger partial charge in [-0.05, 0) is 24.1 Å². The second-order valence-electron chi connectivity index (χ2n) is 6.67. The standard InChI is InChI=1S/C11H12Cl2N2O5.C8H14O4/c12-10(13)11(18)14-8(5-16)9(17)6-1-3-7(4-2-6)15(19)20;1-2-3-4-6(8(11)12)5-7(9)10/h1-4,8-10,16-17H,5H2,(H,14,18);6H,2-5H2,1H3,(H,9,10)(H,11,12)/t8-,9-;/m1./s1. The van der Waals surface area contributed by atoms with Crippen LogP contribution in [0.25, 0.3) is 0 Å². The second kappa shape index (κ2) is 15.4. The zero-order chi connectivity index (χ0) is 24.8. The predicted octanol–water partition coefficient (Wildman–Crippen LogP) is 2.26. The first kappa shape index (κ1) is 29.5. The van der Waals surface area contributed by atoms with Gasteiger partial charge < -0.3 is 25.7 Å². The minimum atomic E-state index is -1.33. The first-order valence-electron chi connectivity index (χ1n) is 9.50. The van der Waals surface area contributed by atoms with E-state index in [-0.39, 0.29) is 12.1 Å². The van der Waals surface area contributed by atoms with Gasteiger partial charge in [-0.1, -0.05) is 43.0 Å². The molecule has 0 aliphatic rings. The summed E-state index contributed by atoms with van der Waals surface area (Å²) >= 11 is 10.7. The maximum atomic E-state index is 11.3. The monoisotopic (exact) mass is 496 g/mol. The van der Waals surface area contributed by atoms with Crippen molar-refractivity contribution in [3.05, 3.63) is 39.9 Å². The van der Waals surface area contributed by atoms with Crippen molar-refractivity contribution in [2.45, 2.75) is 49.6 Å². The van der Waals surface area contributed by atoms with Crippen LogP contribution >= 0.6 is 23.2 Å². The molecule has 5 N–H and O–H groups in total. The summed E-state index contributed by atoms with van der Waals surface area (Å²) in [5.41, 5.74) is 0.169. The number of non-ortho nitro benzene ring substituents is 1. The molecule has 1 unspecified atom stereocenters. The number of carbonyl (C=O) groups excluding carboxylic acids is 1. The number of aliphatic carboxylic acids is 2. The van der Waals surface area contributed by atoms with E-state index >= 15 is 0 Å². The largest absolute Gasteiger partial charge is 0.481 e. The number of hydrogen-bond donors (Lipinski definition) is 5. The van der Waals surface area contributed by atoms with E-state index in [1.807, 2.05) is 6.92 Å². The number of hydrogen-bond acceptors (Lipinski definition) is 7. The molecule has 3 atom stereocenters. The van der Waals surface area contributed by atoms with Gasteiger partial charge in [0.1, 0.15) is 6.10 Å². The molecule has 13 heteroatoms. The number of carbonyl (C=O) groups is 3. The SMILES string of the molecule is CCCCC(CC(=O)O)C(=O)O.O=C(N[C@H](CO)[C@H](O)c1ccc([N+](=O)[O-])cc1)C(Cl)Cl. The number of carboxylic acids is 2. The fourth-order valence-electron chi connectivity index (χ4n) is 2.47. The van der Waals surface area contributed by atoms with Crippen LogP contribution < -0.4 is 5.32 Å². The molecule has 32 heavy (non-hydrogen) atoms. The number of unbranched alkanes of at least 4 members (excludes halogenated alkanes) is 1. The Kier molecular flexibility index (Phi) is 14.2. The highest BCUT2D eigenvalue weighted by Crippen LogP contribution is 2.20. The quantitative estimate of drug-likeness (QED) is 0.164. The van der Waals surface area contributed by atoms with Gasteiger partial charge in [0.15, 0.2) is 4.84 Å². The van der Waals surface area contributed by atoms with Crippen LogP contribution in [0.15, 0.2) is 24.3 Å². The molecule has 0 saturated heterocycles. The molecule has 180 valence electrons. The zero-order valence-corrected chi connectivity index (χ0v) is 18.7. The molecular formula is C19H26Cl2N2O9. The molecule has 0 fully saturated rings. The van der Waals surface area contributed by atoms with Crippen LogP contribution in [-0.2, 0) is 14.4 Å². The van der Waals surface area contributed by atoms with Crippen molar-refractivity contribution in [3.8, 4) is 0 Å². The zero-order valence-electron chi connectivity index (χ0n) is 17.2. The van der Waals surface area contributed by atoms with Crippen LogP contribution in [-0.4, -0.2) is 60.7 Å². The fourth-order valence-corrected chi connectivity index (χ4v) is 2.60. The summed E-state index contributed by atoms with van der Waals surface area (Å²) in [5, 5.41) is 48.9. The molecule has 0 aromatic heterocycles. The minimum absolute atomic E-state index is 0.132. The van der Waals surface area contributed by atoms with Gasteiger partial charge in [-0.15, -0.1) is 0 Å². The number of nitro groups is 1. The maximum Gasteiger partial charge on any atom is 0.307 e. The molecule has 1 aromatic rings. The van der Waals surface area contributed by atoms with E-state index in [4.69, 9.17) is 38.5 Å². The lowest BCUT2D eigenvalue weighted by Crippen LogP contribution is -2.44. The average Bonchev–Trinajstić information content (AvgIpc) is 2.74. The highest BCUT2D eigenvalue weighted by atomic mass is 35.5. The van der Waals surface area contributed by atoms with Gasteiger partial charge in [-0.25, -0.2) is 0 Å². The maximum absolute atomic E-state index is 11.3. The van der Waals surface area contributed by atoms with Gasteiger partial charge in [0.25, 0.3) is 11.6 Å². The third-order valence-corrected chi connectivity index (χ3v) is 4.62. The highest BCUT2D eigenvalue weighted by molar-refractivity contribution is 6.53. The number of aliphatic hydroxyl groups is 2. The lowest BCUT2D eigenvalue weighted by molar-refractivity contribution is -0.384. The molecule has 0 radical (unpaired) electrons. The minimum Gasteiger partial charge on any atom is -0.481 e. The lowest BCUT2D eigenvalue weighted by atomic mass is 9.99. The Morgan fingerprint density at radius 3 is 2.09 bits per heavy atom. The number of nitrogens with zero attached hydrogens (tertiary/aromatic N) is 1. The molecule has 0 spiro atoms. The fraction of sp³-hybridized carbons (Fsp3) is 0.526. The first-order valence-corrected chi connectivity index (χ1v) is 10.4. The average molecular weight is 497 g/mol. The second-order valence-corrected chi connectivity index (χ2v) is 7.76. The van der Waals surface area contributed by atoms with Gasteiger partial charge >= 0.3 is 11.9 Å². The van der Waals surface area contributed by atoms with Crippen molar-refractivity contribution in [3.63, 3.8) is 0 Å². The van der Waals surface area contributed by atoms with Crippen LogP contribution in [0.1, 0.15) is 44.3 Å². The smallest absolute Gasteiger partial charge is 0.307 e. The number of rotatable bonds is 12. The number of nitrogens with one attached hydrogen (secondary N) is 1. The summed E-state index contributed by atoms with van der Waals surface area (Å²) in [7, 11) is 0. The van der Waals surface area contributed by atoms with E-state index in [0.29, 0.717) is 12.0 Å². The summed E-state index contributed by atoms with van der Waals surface area (Å²) in [6.07, 6.45) is 0.595. The predicted molar refractivity (Wildman–Crippen MR) is 115 cm³/mol. The Hall–Kier alpha value is -2.47. The molecule has 1 amide bonds. The van der Waals surface area contributed by atoms with Crippen LogP contribution in [0.4, 0.5) is 5.69 Å². The van der Waals surface area contributed by atoms with E-state index in [1.54, 1.807) is 0 Å². The van der Waals surface area contributed by atoms with Gasteiger partial charge in [0, 0.05) is 12.1 Å². The van der Waals surface area contributed by atoms with Gasteiger partial charge in [-0.2, -0.15) is 0 Å². The normalized spacial score (nSPS) is 13.3. The Bertz CT molecular complexity index is 760. The van der Waals surface area contributed by atoms with Gasteiger partial charge in [0.2, 0.25) is 0 Å². The molecule has 1 aromatic carbocycles. The summed E-state index contributed by atoms with van der Waals surface area (Å²) in [6, 6.07) is 4.05. The molecule has 0 aliphatic carbocycles. The lowest BCUT2D eigenvalue weighted by Gasteiger charge is -2.22. The van der Waals surface area contributed by atoms with Gasteiger partial charge in [0.05, 0.1) is 29.9 Å². The third-order valence-electron chi connectivity index (χ3n) is 4.23. The number of amides is 1. The first-order chi connectivity index (χ1) is 14.9. The molecule has 0 aliphatic heterocycles. The molecule has 1 rings (SSSR count). The number of halogens is 2. The van der Waals surface area contributed by atoms with Crippen LogP contribution in [0, 0.1) is 16.0 Å². The number of aliphatic hydroxyl groups excluding tert-OH is 2. The van der Waals surface area contributed by atoms with Crippen molar-refractivity contribution >= 4 is 46.7 Å². The summed E-state index contributed by atoms with van der Waals surface area (Å²) < 4.78 is 0. The van der Waals surface area contributed by atoms with E-state index < -0.39 is 52.3 Å². The topological polar surface area (TPSA) is 187 Å². The van der Waals surface area contributed by atoms with E-state index in [2.05, 4.69) is 5.32 Å². The Morgan fingerprint density at radius 2 is 1.72 bits per heavy atom. The Labute approximate surface area is 194 Å². The molecular weight excluding hydrogens is 471 g/mol. The number of nitro benzene ring substituents is 1. The Balaban J connectivity index is 0.000000687. The Morgan fingerprint density at radius 1 is 1.16 bits per heavy atom. The van der Waals surface area contributed by atoms with Crippen LogP contribution in [0.3, 0.4) is 0 Å². The van der Waals surface area contributed by atoms with Crippen LogP contribution in [0.5, 0.6) is 0 Å². The van der Waals surface area contributed by atoms with Crippen molar-refractivity contribution in [2.75, 3.05) is 6.61 Å². The number of alkyl halides is 2. The third kappa shape index (κ3) is 11.2. The van der Waals surface area contributed by atoms with E-state index in [1.165, 1.54) is 24.3 Å². The van der Waals surface area contributed by atoms with Gasteiger partial charge in [-0.3, -0.25) is 24.5 Å². The molecule has 0 heterocycles. The van der Waals surface area contributed by atoms with E-state index in [9.17, 15) is 29.6 Å². The number of benzene rings is 1. The molecule has 0 bridgehead atoms. The molecule has 11 nitrogen and oxygen atoms in total. The van der Waals surface area contributed by atoms with E-state index in [0.717, 1.165) is 12.8 Å². The summed E-state index contributed by atoms with van der Waals surface area (Å²) in [5.74, 6) is -3.53. The van der Waals surface area contributed by atoms with Crippen molar-refractivity contribution in [1.82, 2.24) is 5.32 Å². The number of carboxylic acid groups (broad SMARTS) is 2. The molecule has 0 saturated carbocycles. The van der Waals surface area contributed by atoms with Crippen molar-refractivity contribution < 1.29 is 39.7 Å².